The first-order chi connectivity index (χ1) is 7.99. The van der Waals surface area contributed by atoms with Gasteiger partial charge < -0.3 is 15.7 Å². The van der Waals surface area contributed by atoms with Gasteiger partial charge >= 0.3 is 0 Å². The molecule has 0 radical (unpaired) electrons. The molecule has 0 spiro atoms. The van der Waals surface area contributed by atoms with Crippen LogP contribution in [0.3, 0.4) is 0 Å². The Morgan fingerprint density at radius 1 is 1.65 bits per heavy atom. The van der Waals surface area contributed by atoms with E-state index in [0.29, 0.717) is 23.7 Å². The number of aromatic nitrogens is 2. The quantitative estimate of drug-likeness (QED) is 0.698. The Bertz CT molecular complexity index is 404. The number of aromatic amines is 1. The molecule has 1 amide bonds. The molecule has 0 unspecified atom stereocenters. The molecule has 1 fully saturated rings. The fourth-order valence-corrected chi connectivity index (χ4v) is 2.23. The molecular formula is C11H18N4O2. The van der Waals surface area contributed by atoms with E-state index in [9.17, 15) is 9.90 Å². The largest absolute Gasteiger partial charge is 0.393 e. The summed E-state index contributed by atoms with van der Waals surface area (Å²) < 4.78 is 0. The number of aryl methyl sites for hydroxylation is 1. The maximum Gasteiger partial charge on any atom is 0.259 e. The van der Waals surface area contributed by atoms with Crippen molar-refractivity contribution in [3.8, 4) is 0 Å². The molecule has 1 aromatic rings. The van der Waals surface area contributed by atoms with Gasteiger partial charge in [0.15, 0.2) is 5.82 Å². The second-order valence-corrected chi connectivity index (χ2v) is 4.79. The number of aliphatic hydroxyl groups excluding tert-OH is 1. The topological polar surface area (TPSA) is 95.2 Å². The highest BCUT2D eigenvalue weighted by Crippen LogP contribution is 2.28. The first-order valence-corrected chi connectivity index (χ1v) is 5.73. The maximum absolute atomic E-state index is 12.1. The lowest BCUT2D eigenvalue weighted by Gasteiger charge is -2.34. The summed E-state index contributed by atoms with van der Waals surface area (Å²) in [6.07, 6.45) is 1.36. The van der Waals surface area contributed by atoms with Crippen molar-refractivity contribution in [1.82, 2.24) is 15.1 Å². The molecule has 0 aliphatic heterocycles. The molecule has 0 aromatic carbocycles. The average molecular weight is 238 g/mol. The van der Waals surface area contributed by atoms with E-state index in [4.69, 9.17) is 5.73 Å². The van der Waals surface area contributed by atoms with Gasteiger partial charge in [0, 0.05) is 19.3 Å². The summed E-state index contributed by atoms with van der Waals surface area (Å²) in [6.45, 7) is 2.43. The van der Waals surface area contributed by atoms with Crippen molar-refractivity contribution >= 4 is 11.7 Å². The number of carbonyl (C=O) groups excluding carboxylic acids is 1. The van der Waals surface area contributed by atoms with Crippen molar-refractivity contribution < 1.29 is 9.90 Å². The number of anilines is 1. The van der Waals surface area contributed by atoms with Gasteiger partial charge in [0.2, 0.25) is 0 Å². The minimum absolute atomic E-state index is 0.116. The van der Waals surface area contributed by atoms with E-state index in [2.05, 4.69) is 10.2 Å². The van der Waals surface area contributed by atoms with E-state index in [1.54, 1.807) is 18.9 Å². The number of H-pyrrole nitrogens is 1. The van der Waals surface area contributed by atoms with Crippen LogP contribution >= 0.6 is 0 Å². The molecule has 0 bridgehead atoms. The number of amides is 1. The molecule has 94 valence electrons. The van der Waals surface area contributed by atoms with Gasteiger partial charge in [0.05, 0.1) is 6.10 Å². The fraction of sp³-hybridized carbons (Fsp3) is 0.636. The molecule has 6 nitrogen and oxygen atoms in total. The zero-order valence-corrected chi connectivity index (χ0v) is 10.1. The summed E-state index contributed by atoms with van der Waals surface area (Å²) in [4.78, 5) is 13.8. The monoisotopic (exact) mass is 238 g/mol. The van der Waals surface area contributed by atoms with Gasteiger partial charge in [-0.05, 0) is 25.7 Å². The lowest BCUT2D eigenvalue weighted by Crippen LogP contribution is -2.39. The number of aliphatic hydroxyl groups is 1. The Morgan fingerprint density at radius 2 is 2.29 bits per heavy atom. The average Bonchev–Trinajstić information content (AvgIpc) is 2.55. The predicted molar refractivity (Wildman–Crippen MR) is 63.4 cm³/mol. The molecule has 0 atom stereocenters. The Kier molecular flexibility index (Phi) is 3.06. The number of nitrogen functional groups attached to an aromatic ring is 1. The molecule has 6 heteroatoms. The number of hydrogen-bond donors (Lipinski definition) is 3. The van der Waals surface area contributed by atoms with Crippen LogP contribution in [0.1, 0.15) is 28.9 Å². The molecule has 4 N–H and O–H groups in total. The third-order valence-corrected chi connectivity index (χ3v) is 3.28. The van der Waals surface area contributed by atoms with Gasteiger partial charge in [0.25, 0.3) is 5.91 Å². The van der Waals surface area contributed by atoms with E-state index in [0.717, 1.165) is 12.8 Å². The molecule has 1 aliphatic rings. The highest BCUT2D eigenvalue weighted by atomic mass is 16.3. The van der Waals surface area contributed by atoms with Gasteiger partial charge in [-0.2, -0.15) is 5.10 Å². The number of carbonyl (C=O) groups is 1. The zero-order chi connectivity index (χ0) is 12.6. The van der Waals surface area contributed by atoms with Gasteiger partial charge in [-0.3, -0.25) is 9.89 Å². The van der Waals surface area contributed by atoms with Crippen molar-refractivity contribution in [3.05, 3.63) is 11.3 Å². The Hall–Kier alpha value is -1.56. The Labute approximate surface area is 99.8 Å². The summed E-state index contributed by atoms with van der Waals surface area (Å²) in [6, 6.07) is 0. The van der Waals surface area contributed by atoms with E-state index >= 15 is 0 Å². The highest BCUT2D eigenvalue weighted by Gasteiger charge is 2.30. The van der Waals surface area contributed by atoms with Gasteiger partial charge in [-0.15, -0.1) is 0 Å². The molecule has 1 aliphatic carbocycles. The van der Waals surface area contributed by atoms with Crippen molar-refractivity contribution in [2.24, 2.45) is 5.92 Å². The summed E-state index contributed by atoms with van der Waals surface area (Å²) >= 11 is 0. The summed E-state index contributed by atoms with van der Waals surface area (Å²) in [7, 11) is 1.75. The van der Waals surface area contributed by atoms with Crippen LogP contribution in [0.15, 0.2) is 0 Å². The molecule has 0 saturated heterocycles. The minimum atomic E-state index is -0.191. The third kappa shape index (κ3) is 2.26. The predicted octanol–water partition coefficient (Wildman–Crippen LogP) is 0.143. The third-order valence-electron chi connectivity index (χ3n) is 3.28. The fourth-order valence-electron chi connectivity index (χ4n) is 2.23. The second kappa shape index (κ2) is 4.37. The van der Waals surface area contributed by atoms with Crippen LogP contribution in [0, 0.1) is 12.8 Å². The Morgan fingerprint density at radius 3 is 2.76 bits per heavy atom. The van der Waals surface area contributed by atoms with E-state index in [1.807, 2.05) is 0 Å². The van der Waals surface area contributed by atoms with Gasteiger partial charge in [-0.1, -0.05) is 0 Å². The molecule has 1 aromatic heterocycles. The number of hydrogen-bond acceptors (Lipinski definition) is 4. The summed E-state index contributed by atoms with van der Waals surface area (Å²) in [5.41, 5.74) is 6.79. The molecule has 2 rings (SSSR count). The smallest absolute Gasteiger partial charge is 0.259 e. The lowest BCUT2D eigenvalue weighted by molar-refractivity contribution is 0.0265. The normalized spacial score (nSPS) is 23.2. The van der Waals surface area contributed by atoms with E-state index in [1.165, 1.54) is 0 Å². The van der Waals surface area contributed by atoms with Crippen LogP contribution in [-0.4, -0.2) is 45.8 Å². The minimum Gasteiger partial charge on any atom is -0.393 e. The first-order valence-electron chi connectivity index (χ1n) is 5.73. The van der Waals surface area contributed by atoms with Crippen LogP contribution in [0.25, 0.3) is 0 Å². The van der Waals surface area contributed by atoms with Gasteiger partial charge in [-0.25, -0.2) is 0 Å². The number of nitrogens with zero attached hydrogens (tertiary/aromatic N) is 2. The van der Waals surface area contributed by atoms with E-state index in [-0.39, 0.29) is 17.8 Å². The van der Waals surface area contributed by atoms with Crippen LogP contribution in [0.4, 0.5) is 5.82 Å². The SMILES string of the molecule is Cc1[nH]nc(N)c1C(=O)N(C)CC1CC(O)C1. The van der Waals surface area contributed by atoms with Crippen LogP contribution in [0.5, 0.6) is 0 Å². The number of nitrogens with one attached hydrogen (secondary N) is 1. The van der Waals surface area contributed by atoms with E-state index < -0.39 is 0 Å². The molecule has 1 saturated carbocycles. The summed E-state index contributed by atoms with van der Waals surface area (Å²) in [5, 5.41) is 15.7. The number of nitrogens with two attached hydrogens (primary N) is 1. The lowest BCUT2D eigenvalue weighted by atomic mass is 9.82. The first kappa shape index (κ1) is 11.9. The van der Waals surface area contributed by atoms with Crippen LogP contribution in [-0.2, 0) is 0 Å². The van der Waals surface area contributed by atoms with Crippen molar-refractivity contribution in [3.63, 3.8) is 0 Å². The Balaban J connectivity index is 2.00. The van der Waals surface area contributed by atoms with Crippen LogP contribution in [0.2, 0.25) is 0 Å². The van der Waals surface area contributed by atoms with Crippen molar-refractivity contribution in [2.45, 2.75) is 25.9 Å². The van der Waals surface area contributed by atoms with Crippen LogP contribution < -0.4 is 5.73 Å². The molecule has 1 heterocycles. The molecular weight excluding hydrogens is 220 g/mol. The second-order valence-electron chi connectivity index (χ2n) is 4.79. The number of rotatable bonds is 3. The van der Waals surface area contributed by atoms with Crippen molar-refractivity contribution in [2.75, 3.05) is 19.3 Å². The van der Waals surface area contributed by atoms with Gasteiger partial charge in [0.1, 0.15) is 5.56 Å². The van der Waals surface area contributed by atoms with Crippen molar-refractivity contribution in [1.29, 1.82) is 0 Å². The summed E-state index contributed by atoms with van der Waals surface area (Å²) in [5.74, 6) is 0.524. The highest BCUT2D eigenvalue weighted by molar-refractivity contribution is 5.99. The maximum atomic E-state index is 12.1. The zero-order valence-electron chi connectivity index (χ0n) is 10.1. The standard InChI is InChI=1S/C11H18N4O2/c1-6-9(10(12)14-13-6)11(17)15(2)5-7-3-8(16)4-7/h7-8,16H,3-5H2,1-2H3,(H3,12,13,14). The molecule has 17 heavy (non-hydrogen) atoms.